The maximum absolute atomic E-state index is 15.1. The SMILES string of the molecule is COc1cc2nc(-c3ccccc3-c3ccc(-c4ccccc4)c(F)c3)[nH]c(=O)c2cc1OC. The molecule has 1 N–H and O–H groups in total. The predicted octanol–water partition coefficient (Wildman–Crippen LogP) is 6.08. The fourth-order valence-electron chi connectivity index (χ4n) is 4.07. The van der Waals surface area contributed by atoms with Gasteiger partial charge in [0.05, 0.1) is 25.1 Å². The minimum Gasteiger partial charge on any atom is -0.493 e. The van der Waals surface area contributed by atoms with Crippen LogP contribution in [0.4, 0.5) is 4.39 Å². The predicted molar refractivity (Wildman–Crippen MR) is 132 cm³/mol. The second-order valence-corrected chi connectivity index (χ2v) is 7.75. The summed E-state index contributed by atoms with van der Waals surface area (Å²) in [5, 5.41) is 0.386. The molecule has 0 aliphatic carbocycles. The van der Waals surface area contributed by atoms with E-state index < -0.39 is 0 Å². The minimum absolute atomic E-state index is 0.304. The molecule has 0 amide bonds. The van der Waals surface area contributed by atoms with Crippen molar-refractivity contribution < 1.29 is 13.9 Å². The number of nitrogens with zero attached hydrogens (tertiary/aromatic N) is 1. The number of nitrogens with one attached hydrogen (secondary N) is 1. The van der Waals surface area contributed by atoms with Crippen molar-refractivity contribution in [3.63, 3.8) is 0 Å². The van der Waals surface area contributed by atoms with Crippen LogP contribution in [0.5, 0.6) is 11.5 Å². The van der Waals surface area contributed by atoms with Gasteiger partial charge in [0.2, 0.25) is 0 Å². The molecule has 34 heavy (non-hydrogen) atoms. The van der Waals surface area contributed by atoms with E-state index in [2.05, 4.69) is 9.97 Å². The van der Waals surface area contributed by atoms with Crippen LogP contribution in [0, 0.1) is 5.82 Å². The molecule has 1 aromatic heterocycles. The lowest BCUT2D eigenvalue weighted by Gasteiger charge is -2.13. The van der Waals surface area contributed by atoms with Gasteiger partial charge in [-0.2, -0.15) is 0 Å². The number of H-pyrrole nitrogens is 1. The molecule has 5 aromatic rings. The van der Waals surface area contributed by atoms with E-state index in [1.165, 1.54) is 20.3 Å². The van der Waals surface area contributed by atoms with E-state index >= 15 is 4.39 Å². The molecule has 5 rings (SSSR count). The summed E-state index contributed by atoms with van der Waals surface area (Å²) in [4.78, 5) is 20.4. The topological polar surface area (TPSA) is 64.2 Å². The molecule has 0 atom stereocenters. The van der Waals surface area contributed by atoms with E-state index in [-0.39, 0.29) is 11.4 Å². The number of rotatable bonds is 5. The quantitative estimate of drug-likeness (QED) is 0.351. The van der Waals surface area contributed by atoms with Crippen LogP contribution in [0.15, 0.2) is 89.7 Å². The fraction of sp³-hybridized carbons (Fsp3) is 0.0714. The Kier molecular flexibility index (Phi) is 5.55. The lowest BCUT2D eigenvalue weighted by Crippen LogP contribution is -2.10. The summed E-state index contributed by atoms with van der Waals surface area (Å²) in [6, 6.07) is 25.3. The summed E-state index contributed by atoms with van der Waals surface area (Å²) in [7, 11) is 3.04. The number of aromatic amines is 1. The van der Waals surface area contributed by atoms with Crippen LogP contribution in [0.25, 0.3) is 44.5 Å². The Hall–Kier alpha value is -4.45. The standard InChI is InChI=1S/C28H21FN2O3/c1-33-25-15-22-24(16-26(25)34-2)30-27(31-28(22)32)21-11-7-6-10-19(21)18-12-13-20(23(29)14-18)17-8-4-3-5-9-17/h3-16H,1-2H3,(H,30,31,32). The zero-order valence-electron chi connectivity index (χ0n) is 18.6. The molecule has 0 saturated carbocycles. The molecular weight excluding hydrogens is 431 g/mol. The van der Waals surface area contributed by atoms with Gasteiger partial charge in [0.25, 0.3) is 5.56 Å². The number of aromatic nitrogens is 2. The second-order valence-electron chi connectivity index (χ2n) is 7.75. The molecular formula is C28H21FN2O3. The Morgan fingerprint density at radius 1 is 0.735 bits per heavy atom. The Morgan fingerprint density at radius 3 is 2.12 bits per heavy atom. The monoisotopic (exact) mass is 452 g/mol. The highest BCUT2D eigenvalue weighted by atomic mass is 19.1. The van der Waals surface area contributed by atoms with Gasteiger partial charge in [-0.25, -0.2) is 9.37 Å². The van der Waals surface area contributed by atoms with Gasteiger partial charge in [-0.1, -0.05) is 66.7 Å². The largest absolute Gasteiger partial charge is 0.493 e. The van der Waals surface area contributed by atoms with Crippen LogP contribution < -0.4 is 15.0 Å². The van der Waals surface area contributed by atoms with Gasteiger partial charge < -0.3 is 14.5 Å². The van der Waals surface area contributed by atoms with E-state index in [1.807, 2.05) is 60.7 Å². The second kappa shape index (κ2) is 8.83. The maximum atomic E-state index is 15.1. The molecule has 0 aliphatic heterocycles. The van der Waals surface area contributed by atoms with Crippen LogP contribution in [-0.2, 0) is 0 Å². The zero-order chi connectivity index (χ0) is 23.7. The molecule has 168 valence electrons. The number of fused-ring (bicyclic) bond motifs is 1. The van der Waals surface area contributed by atoms with Crippen LogP contribution in [-0.4, -0.2) is 24.2 Å². The number of methoxy groups -OCH3 is 2. The van der Waals surface area contributed by atoms with Crippen molar-refractivity contribution in [3.05, 3.63) is 101 Å². The Morgan fingerprint density at radius 2 is 1.41 bits per heavy atom. The normalized spacial score (nSPS) is 10.9. The van der Waals surface area contributed by atoms with E-state index in [1.54, 1.807) is 18.2 Å². The summed E-state index contributed by atoms with van der Waals surface area (Å²) < 4.78 is 25.8. The third kappa shape index (κ3) is 3.79. The lowest BCUT2D eigenvalue weighted by atomic mass is 9.96. The number of benzene rings is 4. The van der Waals surface area contributed by atoms with Gasteiger partial charge in [-0.15, -0.1) is 0 Å². The first-order chi connectivity index (χ1) is 16.6. The molecule has 1 heterocycles. The average Bonchev–Trinajstić information content (AvgIpc) is 2.88. The van der Waals surface area contributed by atoms with Crippen molar-refractivity contribution in [1.29, 1.82) is 0 Å². The van der Waals surface area contributed by atoms with Gasteiger partial charge in [0.1, 0.15) is 11.6 Å². The van der Waals surface area contributed by atoms with Crippen LogP contribution in [0.3, 0.4) is 0 Å². The molecule has 0 radical (unpaired) electrons. The first-order valence-corrected chi connectivity index (χ1v) is 10.7. The van der Waals surface area contributed by atoms with E-state index in [9.17, 15) is 4.79 Å². The summed E-state index contributed by atoms with van der Waals surface area (Å²) in [5.41, 5.74) is 3.62. The highest BCUT2D eigenvalue weighted by molar-refractivity contribution is 5.86. The molecule has 6 heteroatoms. The van der Waals surface area contributed by atoms with Gasteiger partial charge in [0.15, 0.2) is 11.5 Å². The van der Waals surface area contributed by atoms with Crippen LogP contribution in [0.1, 0.15) is 0 Å². The first-order valence-electron chi connectivity index (χ1n) is 10.7. The Labute approximate surface area is 195 Å². The lowest BCUT2D eigenvalue weighted by molar-refractivity contribution is 0.355. The number of hydrogen-bond donors (Lipinski definition) is 1. The van der Waals surface area contributed by atoms with Crippen molar-refractivity contribution in [2.75, 3.05) is 14.2 Å². The number of hydrogen-bond acceptors (Lipinski definition) is 4. The molecule has 5 nitrogen and oxygen atoms in total. The van der Waals surface area contributed by atoms with E-state index in [0.29, 0.717) is 44.9 Å². The summed E-state index contributed by atoms with van der Waals surface area (Å²) in [6.07, 6.45) is 0. The summed E-state index contributed by atoms with van der Waals surface area (Å²) in [5.74, 6) is 0.985. The van der Waals surface area contributed by atoms with E-state index in [0.717, 1.165) is 11.1 Å². The van der Waals surface area contributed by atoms with Crippen LogP contribution in [0.2, 0.25) is 0 Å². The Bertz CT molecular complexity index is 1560. The van der Waals surface area contributed by atoms with Gasteiger partial charge in [-0.05, 0) is 28.8 Å². The zero-order valence-corrected chi connectivity index (χ0v) is 18.6. The minimum atomic E-state index is -0.324. The fourth-order valence-corrected chi connectivity index (χ4v) is 4.07. The molecule has 0 unspecified atom stereocenters. The average molecular weight is 452 g/mol. The number of halogens is 1. The first kappa shape index (κ1) is 21.4. The van der Waals surface area contributed by atoms with E-state index in [4.69, 9.17) is 9.47 Å². The molecule has 0 fully saturated rings. The smallest absolute Gasteiger partial charge is 0.259 e. The molecule has 0 spiro atoms. The summed E-state index contributed by atoms with van der Waals surface area (Å²) >= 11 is 0. The number of ether oxygens (including phenoxy) is 2. The van der Waals surface area contributed by atoms with Gasteiger partial charge in [-0.3, -0.25) is 4.79 Å². The van der Waals surface area contributed by atoms with Gasteiger partial charge in [0, 0.05) is 17.2 Å². The van der Waals surface area contributed by atoms with Crippen molar-refractivity contribution in [1.82, 2.24) is 9.97 Å². The van der Waals surface area contributed by atoms with Crippen molar-refractivity contribution in [2.45, 2.75) is 0 Å². The maximum Gasteiger partial charge on any atom is 0.259 e. The van der Waals surface area contributed by atoms with Crippen molar-refractivity contribution >= 4 is 10.9 Å². The van der Waals surface area contributed by atoms with Crippen LogP contribution >= 0.6 is 0 Å². The van der Waals surface area contributed by atoms with Crippen molar-refractivity contribution in [3.8, 4) is 45.1 Å². The Balaban J connectivity index is 1.64. The van der Waals surface area contributed by atoms with Crippen molar-refractivity contribution in [2.24, 2.45) is 0 Å². The van der Waals surface area contributed by atoms with Gasteiger partial charge >= 0.3 is 0 Å². The molecule has 4 aromatic carbocycles. The highest BCUT2D eigenvalue weighted by Gasteiger charge is 2.15. The molecule has 0 bridgehead atoms. The highest BCUT2D eigenvalue weighted by Crippen LogP contribution is 2.35. The molecule has 0 aliphatic rings. The summed E-state index contributed by atoms with van der Waals surface area (Å²) in [6.45, 7) is 0. The molecule has 0 saturated heterocycles. The third-order valence-corrected chi connectivity index (χ3v) is 5.76. The third-order valence-electron chi connectivity index (χ3n) is 5.76.